The second-order valence-electron chi connectivity index (χ2n) is 8.10. The number of amides is 1. The SMILES string of the molecule is Cc1cccc(OCC(=O)N(Cc2ccco2)Cc2ccc(N3CCCCC3)o2)c1C. The normalized spacial score (nSPS) is 13.9. The van der Waals surface area contributed by atoms with Gasteiger partial charge in [-0.2, -0.15) is 0 Å². The van der Waals surface area contributed by atoms with Gasteiger partial charge >= 0.3 is 0 Å². The smallest absolute Gasteiger partial charge is 0.261 e. The number of anilines is 1. The molecule has 0 bridgehead atoms. The molecule has 1 amide bonds. The molecule has 1 fully saturated rings. The number of rotatable bonds is 8. The first kappa shape index (κ1) is 21.1. The predicted molar refractivity (Wildman–Crippen MR) is 119 cm³/mol. The molecule has 0 unspecified atom stereocenters. The number of hydrogen-bond acceptors (Lipinski definition) is 5. The summed E-state index contributed by atoms with van der Waals surface area (Å²) in [6, 6.07) is 13.5. The molecule has 0 N–H and O–H groups in total. The van der Waals surface area contributed by atoms with Crippen LogP contribution >= 0.6 is 0 Å². The van der Waals surface area contributed by atoms with Gasteiger partial charge < -0.3 is 23.4 Å². The number of piperidine rings is 1. The molecule has 1 aliphatic rings. The zero-order chi connectivity index (χ0) is 21.6. The molecule has 31 heavy (non-hydrogen) atoms. The van der Waals surface area contributed by atoms with E-state index in [4.69, 9.17) is 13.6 Å². The van der Waals surface area contributed by atoms with E-state index in [0.29, 0.717) is 13.1 Å². The van der Waals surface area contributed by atoms with Crippen molar-refractivity contribution < 1.29 is 18.4 Å². The number of hydrogen-bond donors (Lipinski definition) is 0. The maximum absolute atomic E-state index is 13.1. The van der Waals surface area contributed by atoms with Gasteiger partial charge in [-0.1, -0.05) is 12.1 Å². The summed E-state index contributed by atoms with van der Waals surface area (Å²) in [5, 5.41) is 0. The molecule has 0 saturated carbocycles. The van der Waals surface area contributed by atoms with Gasteiger partial charge in [0.15, 0.2) is 12.5 Å². The molecule has 1 saturated heterocycles. The van der Waals surface area contributed by atoms with Gasteiger partial charge in [-0.3, -0.25) is 4.79 Å². The van der Waals surface area contributed by atoms with Crippen molar-refractivity contribution in [2.75, 3.05) is 24.6 Å². The van der Waals surface area contributed by atoms with Crippen LogP contribution in [0.25, 0.3) is 0 Å². The number of carbonyl (C=O) groups excluding carboxylic acids is 1. The standard InChI is InChI=1S/C25H30N2O4/c1-19-8-6-10-23(20(19)2)30-18-24(28)27(16-21-9-7-15-29-21)17-22-11-12-25(31-22)26-13-4-3-5-14-26/h6-12,15H,3-5,13-14,16-18H2,1-2H3. The lowest BCUT2D eigenvalue weighted by Crippen LogP contribution is -2.34. The van der Waals surface area contributed by atoms with E-state index in [1.54, 1.807) is 11.2 Å². The average molecular weight is 423 g/mol. The van der Waals surface area contributed by atoms with E-state index in [9.17, 15) is 4.79 Å². The second-order valence-corrected chi connectivity index (χ2v) is 8.10. The number of furan rings is 2. The summed E-state index contributed by atoms with van der Waals surface area (Å²) in [4.78, 5) is 17.0. The lowest BCUT2D eigenvalue weighted by atomic mass is 10.1. The fraction of sp³-hybridized carbons (Fsp3) is 0.400. The van der Waals surface area contributed by atoms with Crippen LogP contribution in [0.4, 0.5) is 5.88 Å². The summed E-state index contributed by atoms with van der Waals surface area (Å²) in [6.45, 7) is 6.76. The average Bonchev–Trinajstić information content (AvgIpc) is 3.47. The molecule has 0 radical (unpaired) electrons. The monoisotopic (exact) mass is 422 g/mol. The topological polar surface area (TPSA) is 59.1 Å². The highest BCUT2D eigenvalue weighted by atomic mass is 16.5. The van der Waals surface area contributed by atoms with Gasteiger partial charge in [-0.15, -0.1) is 0 Å². The summed E-state index contributed by atoms with van der Waals surface area (Å²) >= 11 is 0. The molecule has 164 valence electrons. The van der Waals surface area contributed by atoms with Crippen molar-refractivity contribution in [2.45, 2.75) is 46.2 Å². The van der Waals surface area contributed by atoms with Gasteiger partial charge in [0, 0.05) is 19.2 Å². The zero-order valence-corrected chi connectivity index (χ0v) is 18.3. The Morgan fingerprint density at radius 3 is 2.58 bits per heavy atom. The Labute approximate surface area is 183 Å². The van der Waals surface area contributed by atoms with Crippen LogP contribution in [-0.4, -0.2) is 30.5 Å². The molecule has 1 aromatic carbocycles. The van der Waals surface area contributed by atoms with E-state index in [1.807, 2.05) is 56.3 Å². The summed E-state index contributed by atoms with van der Waals surface area (Å²) in [7, 11) is 0. The maximum Gasteiger partial charge on any atom is 0.261 e. The highest BCUT2D eigenvalue weighted by Crippen LogP contribution is 2.24. The van der Waals surface area contributed by atoms with Gasteiger partial charge in [-0.25, -0.2) is 0 Å². The van der Waals surface area contributed by atoms with Gasteiger partial charge in [-0.05, 0) is 68.5 Å². The summed E-state index contributed by atoms with van der Waals surface area (Å²) < 4.78 is 17.4. The Balaban J connectivity index is 1.44. The highest BCUT2D eigenvalue weighted by molar-refractivity contribution is 5.77. The Morgan fingerprint density at radius 2 is 1.81 bits per heavy atom. The number of carbonyl (C=O) groups is 1. The summed E-state index contributed by atoms with van der Waals surface area (Å²) in [5.74, 6) is 2.98. The third-order valence-electron chi connectivity index (χ3n) is 5.85. The first-order valence-corrected chi connectivity index (χ1v) is 10.9. The van der Waals surface area contributed by atoms with Crippen molar-refractivity contribution >= 4 is 11.8 Å². The van der Waals surface area contributed by atoms with E-state index in [-0.39, 0.29) is 12.5 Å². The molecule has 4 rings (SSSR count). The van der Waals surface area contributed by atoms with Crippen LogP contribution in [0.1, 0.15) is 41.9 Å². The minimum absolute atomic E-state index is 0.0370. The minimum atomic E-state index is -0.117. The first-order valence-electron chi connectivity index (χ1n) is 10.9. The van der Waals surface area contributed by atoms with Crippen molar-refractivity contribution in [3.63, 3.8) is 0 Å². The molecule has 1 aliphatic heterocycles. The fourth-order valence-corrected chi connectivity index (χ4v) is 3.86. The van der Waals surface area contributed by atoms with E-state index in [1.165, 1.54) is 19.3 Å². The summed E-state index contributed by atoms with van der Waals surface area (Å²) in [5.41, 5.74) is 2.18. The fourth-order valence-electron chi connectivity index (χ4n) is 3.86. The number of nitrogens with zero attached hydrogens (tertiary/aromatic N) is 2. The quantitative estimate of drug-likeness (QED) is 0.506. The third-order valence-corrected chi connectivity index (χ3v) is 5.85. The van der Waals surface area contributed by atoms with Crippen LogP contribution in [0.5, 0.6) is 5.75 Å². The zero-order valence-electron chi connectivity index (χ0n) is 18.3. The molecule has 0 spiro atoms. The van der Waals surface area contributed by atoms with Crippen LogP contribution in [-0.2, 0) is 17.9 Å². The minimum Gasteiger partial charge on any atom is -0.483 e. The van der Waals surface area contributed by atoms with Crippen molar-refractivity contribution in [3.05, 3.63) is 71.4 Å². The van der Waals surface area contributed by atoms with Crippen molar-refractivity contribution in [1.29, 1.82) is 0 Å². The van der Waals surface area contributed by atoms with Crippen LogP contribution in [0.2, 0.25) is 0 Å². The van der Waals surface area contributed by atoms with Gasteiger partial charge in [0.25, 0.3) is 5.91 Å². The second kappa shape index (κ2) is 9.77. The van der Waals surface area contributed by atoms with Crippen molar-refractivity contribution in [1.82, 2.24) is 4.90 Å². The molecule has 3 heterocycles. The lowest BCUT2D eigenvalue weighted by Gasteiger charge is -2.26. The van der Waals surface area contributed by atoms with E-state index >= 15 is 0 Å². The Hall–Kier alpha value is -3.15. The van der Waals surface area contributed by atoms with Crippen LogP contribution < -0.4 is 9.64 Å². The first-order chi connectivity index (χ1) is 15.1. The largest absolute Gasteiger partial charge is 0.483 e. The van der Waals surface area contributed by atoms with E-state index in [0.717, 1.165) is 47.4 Å². The van der Waals surface area contributed by atoms with Crippen molar-refractivity contribution in [2.24, 2.45) is 0 Å². The van der Waals surface area contributed by atoms with Gasteiger partial charge in [0.1, 0.15) is 17.3 Å². The number of benzene rings is 1. The predicted octanol–water partition coefficient (Wildman–Crippen LogP) is 5.09. The molecule has 6 heteroatoms. The Kier molecular flexibility index (Phi) is 6.65. The molecule has 6 nitrogen and oxygen atoms in total. The Morgan fingerprint density at radius 1 is 1.00 bits per heavy atom. The Bertz CT molecular complexity index is 987. The van der Waals surface area contributed by atoms with Crippen LogP contribution in [0, 0.1) is 13.8 Å². The molecule has 0 aliphatic carbocycles. The summed E-state index contributed by atoms with van der Waals surface area (Å²) in [6.07, 6.45) is 5.27. The molecule has 3 aromatic rings. The van der Waals surface area contributed by atoms with Crippen LogP contribution in [0.3, 0.4) is 0 Å². The maximum atomic E-state index is 13.1. The molecule has 2 aromatic heterocycles. The van der Waals surface area contributed by atoms with E-state index < -0.39 is 0 Å². The van der Waals surface area contributed by atoms with Gasteiger partial charge in [0.05, 0.1) is 19.4 Å². The van der Waals surface area contributed by atoms with Crippen molar-refractivity contribution in [3.8, 4) is 5.75 Å². The van der Waals surface area contributed by atoms with Gasteiger partial charge in [0.2, 0.25) is 0 Å². The van der Waals surface area contributed by atoms with Crippen LogP contribution in [0.15, 0.2) is 57.6 Å². The molecule has 0 atom stereocenters. The van der Waals surface area contributed by atoms with E-state index in [2.05, 4.69) is 4.90 Å². The number of aryl methyl sites for hydroxylation is 1. The lowest BCUT2D eigenvalue weighted by molar-refractivity contribution is -0.135. The molecular formula is C25H30N2O4. The molecular weight excluding hydrogens is 392 g/mol. The highest BCUT2D eigenvalue weighted by Gasteiger charge is 2.20. The third kappa shape index (κ3) is 5.32. The number of ether oxygens (including phenoxy) is 1.